The van der Waals surface area contributed by atoms with Gasteiger partial charge in [0.25, 0.3) is 0 Å². The van der Waals surface area contributed by atoms with Crippen LogP contribution in [0.25, 0.3) is 0 Å². The molecule has 120 valence electrons. The smallest absolute Gasteiger partial charge is 0.341 e. The van der Waals surface area contributed by atoms with E-state index in [1.54, 1.807) is 30.7 Å². The Morgan fingerprint density at radius 1 is 1.30 bits per heavy atom. The number of hydrogen-bond donors (Lipinski definition) is 1. The number of carbonyl (C=O) groups excluding carboxylic acids is 1. The highest BCUT2D eigenvalue weighted by atomic mass is 16.5. The summed E-state index contributed by atoms with van der Waals surface area (Å²) in [6.45, 7) is 1.10. The molecule has 0 amide bonds. The van der Waals surface area contributed by atoms with Crippen LogP contribution in [-0.4, -0.2) is 47.3 Å². The first kappa shape index (κ1) is 15.4. The highest BCUT2D eigenvalue weighted by Gasteiger charge is 2.33. The van der Waals surface area contributed by atoms with Crippen molar-refractivity contribution >= 4 is 11.8 Å². The second-order valence-corrected chi connectivity index (χ2v) is 5.66. The highest BCUT2D eigenvalue weighted by Crippen LogP contribution is 2.27. The number of nitrogens with zero attached hydrogens (tertiary/aromatic N) is 3. The number of aromatic nitrogens is 2. The molecule has 1 N–H and O–H groups in total. The zero-order chi connectivity index (χ0) is 16.2. The van der Waals surface area contributed by atoms with E-state index >= 15 is 0 Å². The lowest BCUT2D eigenvalue weighted by Crippen LogP contribution is -2.24. The van der Waals surface area contributed by atoms with Gasteiger partial charge < -0.3 is 14.7 Å². The number of esters is 1. The van der Waals surface area contributed by atoms with Gasteiger partial charge in [-0.3, -0.25) is 4.98 Å². The van der Waals surface area contributed by atoms with E-state index in [1.807, 2.05) is 17.0 Å². The lowest BCUT2D eigenvalue weighted by Gasteiger charge is -2.19. The van der Waals surface area contributed by atoms with Crippen LogP contribution in [0.5, 0.6) is 0 Å². The van der Waals surface area contributed by atoms with Gasteiger partial charge in [-0.25, -0.2) is 9.78 Å². The molecule has 0 aliphatic carbocycles. The molecule has 1 saturated heterocycles. The fraction of sp³-hybridized carbons (Fsp3) is 0.353. The van der Waals surface area contributed by atoms with Crippen LogP contribution in [0.15, 0.2) is 42.9 Å². The van der Waals surface area contributed by atoms with Crippen molar-refractivity contribution in [2.45, 2.75) is 12.5 Å². The Kier molecular flexibility index (Phi) is 4.52. The molecule has 23 heavy (non-hydrogen) atoms. The maximum atomic E-state index is 11.9. The molecule has 3 heterocycles. The Morgan fingerprint density at radius 2 is 2.09 bits per heavy atom. The van der Waals surface area contributed by atoms with Crippen LogP contribution in [0.4, 0.5) is 5.82 Å². The summed E-state index contributed by atoms with van der Waals surface area (Å²) in [5.74, 6) is 0.237. The third-order valence-corrected chi connectivity index (χ3v) is 4.15. The minimum absolute atomic E-state index is 0.0879. The summed E-state index contributed by atoms with van der Waals surface area (Å²) in [5.41, 5.74) is 1.56. The Labute approximate surface area is 134 Å². The Morgan fingerprint density at radius 3 is 2.83 bits per heavy atom. The molecule has 0 aromatic carbocycles. The van der Waals surface area contributed by atoms with Crippen molar-refractivity contribution in [2.75, 3.05) is 25.1 Å². The number of aliphatic hydroxyl groups excluding tert-OH is 1. The fourth-order valence-corrected chi connectivity index (χ4v) is 2.97. The van der Waals surface area contributed by atoms with Gasteiger partial charge in [0.05, 0.1) is 13.2 Å². The summed E-state index contributed by atoms with van der Waals surface area (Å²) in [4.78, 5) is 22.2. The predicted molar refractivity (Wildman–Crippen MR) is 85.2 cm³/mol. The molecule has 1 fully saturated rings. The van der Waals surface area contributed by atoms with Gasteiger partial charge in [-0.05, 0) is 36.2 Å². The van der Waals surface area contributed by atoms with Gasteiger partial charge >= 0.3 is 5.97 Å². The van der Waals surface area contributed by atoms with Crippen molar-refractivity contribution in [1.29, 1.82) is 0 Å². The van der Waals surface area contributed by atoms with Crippen molar-refractivity contribution in [3.8, 4) is 0 Å². The van der Waals surface area contributed by atoms with Gasteiger partial charge in [0.2, 0.25) is 0 Å². The average molecular weight is 313 g/mol. The molecule has 0 bridgehead atoms. The SMILES string of the molecule is COC(=O)c1cccnc1N1C[C@@H](Cc2ccncc2)[C@@H](O)C1. The first-order valence-electron chi connectivity index (χ1n) is 7.54. The lowest BCUT2D eigenvalue weighted by atomic mass is 9.97. The van der Waals surface area contributed by atoms with Crippen molar-refractivity contribution in [3.63, 3.8) is 0 Å². The topological polar surface area (TPSA) is 75.5 Å². The van der Waals surface area contributed by atoms with Gasteiger partial charge in [0, 0.05) is 37.6 Å². The lowest BCUT2D eigenvalue weighted by molar-refractivity contribution is 0.0601. The molecule has 3 rings (SSSR count). The van der Waals surface area contributed by atoms with Crippen LogP contribution in [0.1, 0.15) is 15.9 Å². The highest BCUT2D eigenvalue weighted by molar-refractivity contribution is 5.94. The number of β-amino-alcohol motifs (C(OH)–C–C–N with tert-alkyl or cyclic N) is 1. The summed E-state index contributed by atoms with van der Waals surface area (Å²) < 4.78 is 4.81. The Hall–Kier alpha value is -2.47. The van der Waals surface area contributed by atoms with Gasteiger partial charge in [-0.15, -0.1) is 0 Å². The normalized spacial score (nSPS) is 20.5. The predicted octanol–water partition coefficient (Wildman–Crippen LogP) is 1.30. The van der Waals surface area contributed by atoms with Crippen molar-refractivity contribution < 1.29 is 14.6 Å². The summed E-state index contributed by atoms with van der Waals surface area (Å²) in [7, 11) is 1.35. The summed E-state index contributed by atoms with van der Waals surface area (Å²) in [6, 6.07) is 7.31. The van der Waals surface area contributed by atoms with E-state index in [0.717, 1.165) is 12.0 Å². The largest absolute Gasteiger partial charge is 0.465 e. The molecule has 0 saturated carbocycles. The molecule has 0 spiro atoms. The molecule has 2 aromatic heterocycles. The third kappa shape index (κ3) is 3.32. The van der Waals surface area contributed by atoms with E-state index in [2.05, 4.69) is 9.97 Å². The number of hydrogen-bond acceptors (Lipinski definition) is 6. The number of carbonyl (C=O) groups is 1. The van der Waals surface area contributed by atoms with Gasteiger partial charge in [0.1, 0.15) is 11.4 Å². The summed E-state index contributed by atoms with van der Waals surface area (Å²) >= 11 is 0. The van der Waals surface area contributed by atoms with Crippen LogP contribution in [-0.2, 0) is 11.2 Å². The van der Waals surface area contributed by atoms with E-state index in [0.29, 0.717) is 24.5 Å². The molecule has 6 nitrogen and oxygen atoms in total. The molecule has 0 unspecified atom stereocenters. The van der Waals surface area contributed by atoms with Gasteiger partial charge in [-0.1, -0.05) is 0 Å². The minimum atomic E-state index is -0.462. The fourth-order valence-electron chi connectivity index (χ4n) is 2.97. The van der Waals surface area contributed by atoms with E-state index in [-0.39, 0.29) is 5.92 Å². The van der Waals surface area contributed by atoms with Crippen LogP contribution in [0.2, 0.25) is 0 Å². The van der Waals surface area contributed by atoms with Crippen LogP contribution >= 0.6 is 0 Å². The molecule has 0 radical (unpaired) electrons. The summed E-state index contributed by atoms with van der Waals surface area (Å²) in [6.07, 6.45) is 5.45. The number of ether oxygens (including phenoxy) is 1. The zero-order valence-electron chi connectivity index (χ0n) is 12.9. The number of methoxy groups -OCH3 is 1. The standard InChI is InChI=1S/C17H19N3O3/c1-23-17(22)14-3-2-6-19-16(14)20-10-13(15(21)11-20)9-12-4-7-18-8-5-12/h2-8,13,15,21H,9-11H2,1H3/t13-,15+/m1/s1. The Bertz CT molecular complexity index is 678. The van der Waals surface area contributed by atoms with Crippen molar-refractivity contribution in [3.05, 3.63) is 54.0 Å². The molecule has 1 aliphatic heterocycles. The van der Waals surface area contributed by atoms with E-state index in [4.69, 9.17) is 4.74 Å². The van der Waals surface area contributed by atoms with E-state index < -0.39 is 12.1 Å². The molecule has 1 aliphatic rings. The minimum Gasteiger partial charge on any atom is -0.465 e. The zero-order valence-corrected chi connectivity index (χ0v) is 12.9. The molecule has 6 heteroatoms. The quantitative estimate of drug-likeness (QED) is 0.858. The number of rotatable bonds is 4. The Balaban J connectivity index is 1.78. The van der Waals surface area contributed by atoms with Gasteiger partial charge in [0.15, 0.2) is 0 Å². The van der Waals surface area contributed by atoms with Crippen molar-refractivity contribution in [1.82, 2.24) is 9.97 Å². The first-order valence-corrected chi connectivity index (χ1v) is 7.54. The number of anilines is 1. The summed E-state index contributed by atoms with van der Waals surface area (Å²) in [5, 5.41) is 10.4. The number of pyridine rings is 2. The first-order chi connectivity index (χ1) is 11.2. The maximum Gasteiger partial charge on any atom is 0.341 e. The molecule has 2 aromatic rings. The molecule has 2 atom stereocenters. The maximum absolute atomic E-state index is 11.9. The third-order valence-electron chi connectivity index (χ3n) is 4.15. The van der Waals surface area contributed by atoms with Crippen LogP contribution in [0.3, 0.4) is 0 Å². The monoisotopic (exact) mass is 313 g/mol. The second kappa shape index (κ2) is 6.75. The number of aliphatic hydroxyl groups is 1. The van der Waals surface area contributed by atoms with E-state index in [1.165, 1.54) is 7.11 Å². The van der Waals surface area contributed by atoms with Gasteiger partial charge in [-0.2, -0.15) is 0 Å². The average Bonchev–Trinajstić information content (AvgIpc) is 2.95. The van der Waals surface area contributed by atoms with Crippen LogP contribution < -0.4 is 4.90 Å². The molecular formula is C17H19N3O3. The van der Waals surface area contributed by atoms with Crippen LogP contribution in [0, 0.1) is 5.92 Å². The second-order valence-electron chi connectivity index (χ2n) is 5.66. The van der Waals surface area contributed by atoms with E-state index in [9.17, 15) is 9.90 Å². The molecular weight excluding hydrogens is 294 g/mol. The van der Waals surface area contributed by atoms with Crippen molar-refractivity contribution in [2.24, 2.45) is 5.92 Å².